The van der Waals surface area contributed by atoms with Crippen molar-refractivity contribution >= 4 is 27.6 Å². The lowest BCUT2D eigenvalue weighted by Crippen LogP contribution is -2.49. The largest absolute Gasteiger partial charge is 0.324 e. The van der Waals surface area contributed by atoms with Crippen molar-refractivity contribution < 1.29 is 13.2 Å². The van der Waals surface area contributed by atoms with Crippen molar-refractivity contribution in [3.63, 3.8) is 0 Å². The third-order valence-corrected chi connectivity index (χ3v) is 6.47. The van der Waals surface area contributed by atoms with Crippen LogP contribution in [0.2, 0.25) is 0 Å². The van der Waals surface area contributed by atoms with E-state index >= 15 is 0 Å². The quantitative estimate of drug-likeness (QED) is 0.829. The average molecular weight is 386 g/mol. The molecule has 2 aliphatic rings. The van der Waals surface area contributed by atoms with Gasteiger partial charge in [0.05, 0.1) is 5.69 Å². The summed E-state index contributed by atoms with van der Waals surface area (Å²) in [4.78, 5) is 14.3. The summed E-state index contributed by atoms with van der Waals surface area (Å²) < 4.78 is 25.3. The predicted molar refractivity (Wildman–Crippen MR) is 105 cm³/mol. The molecule has 1 fully saturated rings. The summed E-state index contributed by atoms with van der Waals surface area (Å²) in [6.45, 7) is 1.45. The van der Waals surface area contributed by atoms with Gasteiger partial charge in [0.1, 0.15) is 0 Å². The van der Waals surface area contributed by atoms with E-state index < -0.39 is 10.2 Å². The second-order valence-corrected chi connectivity index (χ2v) is 8.60. The molecule has 27 heavy (non-hydrogen) atoms. The van der Waals surface area contributed by atoms with Gasteiger partial charge in [0.25, 0.3) is 10.2 Å². The first-order valence-corrected chi connectivity index (χ1v) is 10.4. The van der Waals surface area contributed by atoms with Crippen molar-refractivity contribution in [3.8, 4) is 0 Å². The van der Waals surface area contributed by atoms with Crippen LogP contribution in [0, 0.1) is 0 Å². The molecule has 0 bridgehead atoms. The number of nitrogens with two attached hydrogens (primary N) is 1. The first-order valence-electron chi connectivity index (χ1n) is 8.90. The van der Waals surface area contributed by atoms with Gasteiger partial charge in [-0.15, -0.1) is 0 Å². The highest BCUT2D eigenvalue weighted by molar-refractivity contribution is 7.90. The molecule has 3 N–H and O–H groups in total. The van der Waals surface area contributed by atoms with Gasteiger partial charge in [-0.05, 0) is 36.6 Å². The van der Waals surface area contributed by atoms with Crippen molar-refractivity contribution in [1.29, 1.82) is 0 Å². The molecule has 142 valence electrons. The number of nitrogens with zero attached hydrogens (tertiary/aromatic N) is 2. The van der Waals surface area contributed by atoms with Gasteiger partial charge in [-0.3, -0.25) is 4.31 Å². The van der Waals surface area contributed by atoms with Crippen LogP contribution in [-0.4, -0.2) is 39.0 Å². The molecule has 4 rings (SSSR count). The van der Waals surface area contributed by atoms with Gasteiger partial charge in [-0.25, -0.2) is 9.93 Å². The molecule has 2 aromatic rings. The minimum atomic E-state index is -3.82. The molecule has 0 aliphatic carbocycles. The standard InChI is InChI=1S/C19H22N4O3S/c20-27(25,26)23-14-19(16-8-4-5-9-17(16)23)10-12-22(13-11-19)18(24)21-15-6-2-1-3-7-15/h1-9H,10-14H2,(H,21,24)(H2,20,25,26). The molecule has 2 amide bonds. The number of urea groups is 1. The van der Waals surface area contributed by atoms with Gasteiger partial charge in [0.2, 0.25) is 0 Å². The molecular formula is C19H22N4O3S. The maximum absolute atomic E-state index is 12.5. The zero-order valence-corrected chi connectivity index (χ0v) is 15.7. The molecule has 0 unspecified atom stereocenters. The first-order chi connectivity index (χ1) is 12.9. The number of benzene rings is 2. The van der Waals surface area contributed by atoms with Gasteiger partial charge < -0.3 is 10.2 Å². The molecule has 1 spiro atoms. The van der Waals surface area contributed by atoms with E-state index in [1.807, 2.05) is 48.5 Å². The van der Waals surface area contributed by atoms with Gasteiger partial charge >= 0.3 is 6.03 Å². The van der Waals surface area contributed by atoms with E-state index in [2.05, 4.69) is 5.32 Å². The molecule has 0 atom stereocenters. The number of amides is 2. The Bertz CT molecular complexity index is 954. The number of hydrogen-bond acceptors (Lipinski definition) is 3. The van der Waals surface area contributed by atoms with Crippen LogP contribution < -0.4 is 14.8 Å². The zero-order chi connectivity index (χ0) is 19.1. The lowest BCUT2D eigenvalue weighted by molar-refractivity contribution is 0.173. The number of para-hydroxylation sites is 2. The van der Waals surface area contributed by atoms with Crippen LogP contribution >= 0.6 is 0 Å². The van der Waals surface area contributed by atoms with Crippen LogP contribution in [0.5, 0.6) is 0 Å². The molecule has 2 aromatic carbocycles. The molecule has 0 aromatic heterocycles. The highest BCUT2D eigenvalue weighted by Gasteiger charge is 2.47. The fourth-order valence-corrected chi connectivity index (χ4v) is 4.96. The SMILES string of the molecule is NS(=O)(=O)N1CC2(CCN(C(=O)Nc3ccccc3)CC2)c2ccccc21. The zero-order valence-electron chi connectivity index (χ0n) is 14.8. The van der Waals surface area contributed by atoms with Crippen molar-refractivity contribution in [2.24, 2.45) is 5.14 Å². The smallest absolute Gasteiger partial charge is 0.321 e. The lowest BCUT2D eigenvalue weighted by Gasteiger charge is -2.39. The van der Waals surface area contributed by atoms with Gasteiger partial charge in [-0.2, -0.15) is 8.42 Å². The van der Waals surface area contributed by atoms with Crippen molar-refractivity contribution in [1.82, 2.24) is 4.90 Å². The maximum Gasteiger partial charge on any atom is 0.321 e. The summed E-state index contributed by atoms with van der Waals surface area (Å²) in [6.07, 6.45) is 1.39. The van der Waals surface area contributed by atoms with Crippen molar-refractivity contribution in [2.75, 3.05) is 29.3 Å². The van der Waals surface area contributed by atoms with E-state index in [-0.39, 0.29) is 11.4 Å². The monoisotopic (exact) mass is 386 g/mol. The molecule has 0 saturated carbocycles. The normalized spacial score (nSPS) is 18.4. The average Bonchev–Trinajstić information content (AvgIpc) is 2.98. The second kappa shape index (κ2) is 6.54. The van der Waals surface area contributed by atoms with Gasteiger partial charge in [-0.1, -0.05) is 36.4 Å². The number of hydrogen-bond donors (Lipinski definition) is 2. The number of fused-ring (bicyclic) bond motifs is 2. The van der Waals surface area contributed by atoms with Crippen LogP contribution in [0.25, 0.3) is 0 Å². The summed E-state index contributed by atoms with van der Waals surface area (Å²) in [7, 11) is -3.82. The Morgan fingerprint density at radius 3 is 2.30 bits per heavy atom. The van der Waals surface area contributed by atoms with Gasteiger partial charge in [0, 0.05) is 30.7 Å². The predicted octanol–water partition coefficient (Wildman–Crippen LogP) is 2.28. The number of rotatable bonds is 2. The van der Waals surface area contributed by atoms with Crippen LogP contribution in [0.3, 0.4) is 0 Å². The number of likely N-dealkylation sites (tertiary alicyclic amines) is 1. The van der Waals surface area contributed by atoms with Crippen LogP contribution in [0.15, 0.2) is 54.6 Å². The minimum Gasteiger partial charge on any atom is -0.324 e. The van der Waals surface area contributed by atoms with E-state index in [9.17, 15) is 13.2 Å². The molecule has 0 radical (unpaired) electrons. The fraction of sp³-hybridized carbons (Fsp3) is 0.316. The molecule has 8 heteroatoms. The molecular weight excluding hydrogens is 364 g/mol. The Morgan fingerprint density at radius 2 is 1.63 bits per heavy atom. The Labute approximate surface area is 158 Å². The van der Waals surface area contributed by atoms with Crippen LogP contribution in [-0.2, 0) is 15.6 Å². The van der Waals surface area contributed by atoms with E-state index in [0.717, 1.165) is 11.3 Å². The van der Waals surface area contributed by atoms with E-state index in [1.165, 1.54) is 4.31 Å². The van der Waals surface area contributed by atoms with Crippen LogP contribution in [0.1, 0.15) is 18.4 Å². The number of nitrogens with one attached hydrogen (secondary N) is 1. The summed E-state index contributed by atoms with van der Waals surface area (Å²) in [5.74, 6) is 0. The second-order valence-electron chi connectivity index (χ2n) is 7.13. The number of anilines is 2. The van der Waals surface area contributed by atoms with Crippen LogP contribution in [0.4, 0.5) is 16.2 Å². The first kappa shape index (κ1) is 17.8. The third kappa shape index (κ3) is 3.26. The number of carbonyl (C=O) groups excluding carboxylic acids is 1. The maximum atomic E-state index is 12.5. The molecule has 7 nitrogen and oxygen atoms in total. The van der Waals surface area contributed by atoms with Crippen molar-refractivity contribution in [3.05, 3.63) is 60.2 Å². The number of piperidine rings is 1. The lowest BCUT2D eigenvalue weighted by atomic mass is 9.74. The van der Waals surface area contributed by atoms with E-state index in [0.29, 0.717) is 38.2 Å². The third-order valence-electron chi connectivity index (χ3n) is 5.53. The highest BCUT2D eigenvalue weighted by Crippen LogP contribution is 2.47. The molecule has 2 aliphatic heterocycles. The fourth-order valence-electron chi connectivity index (χ4n) is 4.10. The highest BCUT2D eigenvalue weighted by atomic mass is 32.2. The minimum absolute atomic E-state index is 0.134. The number of carbonyl (C=O) groups is 1. The Morgan fingerprint density at radius 1 is 1.00 bits per heavy atom. The molecule has 2 heterocycles. The Balaban J connectivity index is 1.51. The Hall–Kier alpha value is -2.58. The summed E-state index contributed by atoms with van der Waals surface area (Å²) in [6, 6.07) is 16.7. The topological polar surface area (TPSA) is 95.7 Å². The van der Waals surface area contributed by atoms with Crippen molar-refractivity contribution in [2.45, 2.75) is 18.3 Å². The van der Waals surface area contributed by atoms with E-state index in [1.54, 1.807) is 11.0 Å². The Kier molecular flexibility index (Phi) is 4.32. The van der Waals surface area contributed by atoms with E-state index in [4.69, 9.17) is 5.14 Å². The molecule has 1 saturated heterocycles. The summed E-state index contributed by atoms with van der Waals surface area (Å²) in [5.41, 5.74) is 2.12. The summed E-state index contributed by atoms with van der Waals surface area (Å²) in [5, 5.41) is 8.33. The summed E-state index contributed by atoms with van der Waals surface area (Å²) >= 11 is 0. The van der Waals surface area contributed by atoms with Gasteiger partial charge in [0.15, 0.2) is 0 Å².